The monoisotopic (exact) mass is 788 g/mol. The number of benzene rings is 8. The van der Waals surface area contributed by atoms with E-state index in [0.29, 0.717) is 11.5 Å². The molecule has 2 aliphatic carbocycles. The summed E-state index contributed by atoms with van der Waals surface area (Å²) in [4.78, 5) is 0. The van der Waals surface area contributed by atoms with E-state index in [-0.39, 0.29) is 0 Å². The molecule has 2 nitrogen and oxygen atoms in total. The van der Waals surface area contributed by atoms with Crippen LogP contribution in [0.2, 0.25) is 0 Å². The van der Waals surface area contributed by atoms with Crippen LogP contribution in [0.15, 0.2) is 176 Å². The van der Waals surface area contributed by atoms with E-state index in [2.05, 4.69) is 199 Å². The molecule has 0 bridgehead atoms. The Morgan fingerprint density at radius 2 is 0.967 bits per heavy atom. The molecule has 0 spiro atoms. The molecule has 0 aliphatic heterocycles. The third-order valence-electron chi connectivity index (χ3n) is 14.5. The second kappa shape index (κ2) is 12.5. The van der Waals surface area contributed by atoms with Crippen LogP contribution >= 0.6 is 11.3 Å². The van der Waals surface area contributed by atoms with Crippen molar-refractivity contribution in [3.8, 4) is 16.8 Å². The Balaban J connectivity index is 1.08. The van der Waals surface area contributed by atoms with E-state index in [9.17, 15) is 0 Å². The van der Waals surface area contributed by atoms with Gasteiger partial charge >= 0.3 is 0 Å². The van der Waals surface area contributed by atoms with Crippen LogP contribution in [-0.2, 0) is 5.41 Å². The lowest BCUT2D eigenvalue weighted by Gasteiger charge is -2.36. The smallest absolute Gasteiger partial charge is 0.0714 e. The molecule has 1 fully saturated rings. The van der Waals surface area contributed by atoms with E-state index in [1.807, 2.05) is 11.3 Å². The average molecular weight is 789 g/mol. The van der Waals surface area contributed by atoms with Crippen LogP contribution in [0.1, 0.15) is 67.8 Å². The summed E-state index contributed by atoms with van der Waals surface area (Å²) in [6, 6.07) is 67.7. The zero-order valence-electron chi connectivity index (χ0n) is 34.0. The summed E-state index contributed by atoms with van der Waals surface area (Å²) in [5, 5.41) is 7.89. The summed E-state index contributed by atoms with van der Waals surface area (Å²) in [7, 11) is 0. The van der Waals surface area contributed by atoms with Gasteiger partial charge in [0.05, 0.1) is 16.4 Å². The van der Waals surface area contributed by atoms with Gasteiger partial charge in [0.15, 0.2) is 0 Å². The molecule has 0 saturated heterocycles. The summed E-state index contributed by atoms with van der Waals surface area (Å²) in [5.41, 5.74) is 14.2. The Bertz CT molecular complexity index is 3500. The van der Waals surface area contributed by atoms with E-state index in [4.69, 9.17) is 0 Å². The van der Waals surface area contributed by atoms with E-state index >= 15 is 0 Å². The molecule has 0 atom stereocenters. The minimum Gasteiger partial charge on any atom is -0.337 e. The Morgan fingerprint density at radius 1 is 0.450 bits per heavy atom. The molecular formula is C57H44N2S. The predicted molar refractivity (Wildman–Crippen MR) is 255 cm³/mol. The van der Waals surface area contributed by atoms with Crippen LogP contribution < -0.4 is 0 Å². The molecule has 1 saturated carbocycles. The van der Waals surface area contributed by atoms with Gasteiger partial charge in [0.1, 0.15) is 0 Å². The Morgan fingerprint density at radius 3 is 1.68 bits per heavy atom. The fourth-order valence-electron chi connectivity index (χ4n) is 11.6. The minimum absolute atomic E-state index is 0.415. The first-order valence-electron chi connectivity index (χ1n) is 21.7. The SMILES string of the molecule is CC1(C)CCC(n2c3ccccc3c3cc(C4(c5ccc6c(c5)c5ccccc5n6-c5ccc6sc7ccccc7c6c5)c5ccccc5-c5ccccc54)ccc32)CC1. The Labute approximate surface area is 354 Å². The zero-order valence-corrected chi connectivity index (χ0v) is 34.8. The second-order valence-electron chi connectivity index (χ2n) is 18.2. The minimum atomic E-state index is -0.522. The van der Waals surface area contributed by atoms with Crippen LogP contribution in [0.5, 0.6) is 0 Å². The summed E-state index contributed by atoms with van der Waals surface area (Å²) in [5.74, 6) is 0. The normalized spacial score (nSPS) is 16.1. The van der Waals surface area contributed by atoms with Crippen molar-refractivity contribution in [2.45, 2.75) is 51.0 Å². The van der Waals surface area contributed by atoms with Crippen LogP contribution in [-0.4, -0.2) is 9.13 Å². The standard InChI is InChI=1S/C57H44N2S/c1-56(2)31-29-38(30-32-56)58-50-20-10-5-15-42(50)45-33-36(23-26-52(45)58)57(48-18-8-3-13-40(48)41-14-4-9-19-49(41)57)37-24-27-53-46(34-37)43-16-6-11-21-51(43)59(53)39-25-28-55-47(35-39)44-17-7-12-22-54(44)60-55/h3-28,33-35,38H,29-32H2,1-2H3. The largest absolute Gasteiger partial charge is 0.337 e. The molecule has 0 N–H and O–H groups in total. The van der Waals surface area contributed by atoms with E-state index in [1.165, 1.54) is 129 Å². The Kier molecular flexibility index (Phi) is 7.20. The predicted octanol–water partition coefficient (Wildman–Crippen LogP) is 15.8. The number of nitrogens with zero attached hydrogens (tertiary/aromatic N) is 2. The van der Waals surface area contributed by atoms with E-state index < -0.39 is 5.41 Å². The number of hydrogen-bond acceptors (Lipinski definition) is 1. The van der Waals surface area contributed by atoms with Crippen LogP contribution in [0, 0.1) is 5.41 Å². The number of para-hydroxylation sites is 2. The molecule has 0 unspecified atom stereocenters. The lowest BCUT2D eigenvalue weighted by molar-refractivity contribution is 0.198. The van der Waals surface area contributed by atoms with Crippen molar-refractivity contribution in [2.75, 3.05) is 0 Å². The van der Waals surface area contributed by atoms with Crippen molar-refractivity contribution >= 4 is 75.1 Å². The van der Waals surface area contributed by atoms with Gasteiger partial charge in [-0.05, 0) is 125 Å². The van der Waals surface area contributed by atoms with Gasteiger partial charge in [0, 0.05) is 64.5 Å². The van der Waals surface area contributed by atoms with Crippen LogP contribution in [0.25, 0.3) is 80.6 Å². The molecule has 13 rings (SSSR count). The first-order chi connectivity index (χ1) is 29.5. The topological polar surface area (TPSA) is 9.86 Å². The lowest BCUT2D eigenvalue weighted by Crippen LogP contribution is -2.28. The van der Waals surface area contributed by atoms with Crippen molar-refractivity contribution in [2.24, 2.45) is 5.41 Å². The molecule has 3 aromatic heterocycles. The second-order valence-corrected chi connectivity index (χ2v) is 19.3. The van der Waals surface area contributed by atoms with Gasteiger partial charge < -0.3 is 9.13 Å². The molecule has 288 valence electrons. The fraction of sp³-hybridized carbons (Fsp3) is 0.158. The van der Waals surface area contributed by atoms with Crippen molar-refractivity contribution in [3.05, 3.63) is 198 Å². The van der Waals surface area contributed by atoms with Crippen LogP contribution in [0.3, 0.4) is 0 Å². The van der Waals surface area contributed by atoms with Gasteiger partial charge in [-0.1, -0.05) is 129 Å². The van der Waals surface area contributed by atoms with Crippen molar-refractivity contribution in [1.82, 2.24) is 9.13 Å². The third kappa shape index (κ3) is 4.70. The number of fused-ring (bicyclic) bond motifs is 12. The summed E-state index contributed by atoms with van der Waals surface area (Å²) < 4.78 is 7.84. The molecule has 3 heteroatoms. The number of aromatic nitrogens is 2. The number of thiophene rings is 1. The quantitative estimate of drug-likeness (QED) is 0.168. The third-order valence-corrected chi connectivity index (χ3v) is 15.6. The maximum Gasteiger partial charge on any atom is 0.0714 e. The molecule has 0 amide bonds. The average Bonchev–Trinajstić information content (AvgIpc) is 4.01. The molecule has 11 aromatic rings. The summed E-state index contributed by atoms with van der Waals surface area (Å²) in [6.45, 7) is 4.89. The van der Waals surface area contributed by atoms with Crippen molar-refractivity contribution in [1.29, 1.82) is 0 Å². The highest BCUT2D eigenvalue weighted by Gasteiger charge is 2.46. The zero-order chi connectivity index (χ0) is 39.7. The fourth-order valence-corrected chi connectivity index (χ4v) is 12.7. The van der Waals surface area contributed by atoms with E-state index in [0.717, 1.165) is 0 Å². The maximum atomic E-state index is 2.70. The lowest BCUT2D eigenvalue weighted by atomic mass is 9.67. The van der Waals surface area contributed by atoms with Gasteiger partial charge in [-0.25, -0.2) is 0 Å². The molecule has 60 heavy (non-hydrogen) atoms. The first kappa shape index (κ1) is 34.4. The molecule has 2 aliphatic rings. The molecule has 0 radical (unpaired) electrons. The highest BCUT2D eigenvalue weighted by atomic mass is 32.1. The van der Waals surface area contributed by atoms with Gasteiger partial charge in [-0.3, -0.25) is 0 Å². The number of hydrogen-bond donors (Lipinski definition) is 0. The first-order valence-corrected chi connectivity index (χ1v) is 22.5. The van der Waals surface area contributed by atoms with Gasteiger partial charge in [-0.2, -0.15) is 0 Å². The van der Waals surface area contributed by atoms with Crippen molar-refractivity contribution < 1.29 is 0 Å². The highest BCUT2D eigenvalue weighted by molar-refractivity contribution is 7.25. The van der Waals surface area contributed by atoms with Crippen molar-refractivity contribution in [3.63, 3.8) is 0 Å². The summed E-state index contributed by atoms with van der Waals surface area (Å²) >= 11 is 1.88. The molecule has 3 heterocycles. The molecule has 8 aromatic carbocycles. The number of rotatable bonds is 4. The maximum absolute atomic E-state index is 2.70. The molecular weight excluding hydrogens is 745 g/mol. The summed E-state index contributed by atoms with van der Waals surface area (Å²) in [6.07, 6.45) is 4.97. The Hall–Kier alpha value is -6.42. The van der Waals surface area contributed by atoms with Gasteiger partial charge in [0.2, 0.25) is 0 Å². The van der Waals surface area contributed by atoms with E-state index in [1.54, 1.807) is 0 Å². The van der Waals surface area contributed by atoms with Crippen LogP contribution in [0.4, 0.5) is 0 Å². The van der Waals surface area contributed by atoms with Gasteiger partial charge in [0.25, 0.3) is 0 Å². The van der Waals surface area contributed by atoms with Gasteiger partial charge in [-0.15, -0.1) is 11.3 Å². The highest BCUT2D eigenvalue weighted by Crippen LogP contribution is 2.57.